The van der Waals surface area contributed by atoms with Crippen LogP contribution >= 0.6 is 0 Å². The summed E-state index contributed by atoms with van der Waals surface area (Å²) in [5, 5.41) is 0. The number of allylic oxidation sites excluding steroid dienone is 4. The Morgan fingerprint density at radius 1 is 1.00 bits per heavy atom. The summed E-state index contributed by atoms with van der Waals surface area (Å²) in [6, 6.07) is 10.3. The highest BCUT2D eigenvalue weighted by atomic mass is 16.1. The largest absolute Gasteiger partial charge is 0.307 e. The van der Waals surface area contributed by atoms with E-state index in [-0.39, 0.29) is 0 Å². The van der Waals surface area contributed by atoms with Gasteiger partial charge in [0.2, 0.25) is 0 Å². The minimum atomic E-state index is 0.927. The van der Waals surface area contributed by atoms with Crippen LogP contribution in [0.25, 0.3) is 0 Å². The summed E-state index contributed by atoms with van der Waals surface area (Å²) >= 11 is 0. The molecule has 0 atom stereocenters. The Labute approximate surface area is 119 Å². The predicted molar refractivity (Wildman–Crippen MR) is 88.4 cm³/mol. The van der Waals surface area contributed by atoms with E-state index in [0.29, 0.717) is 0 Å². The maximum atomic E-state index is 8.00. The van der Waals surface area contributed by atoms with Gasteiger partial charge in [-0.1, -0.05) is 89.4 Å². The summed E-state index contributed by atoms with van der Waals surface area (Å²) in [6.45, 7) is 17.4. The van der Waals surface area contributed by atoms with E-state index in [4.69, 9.17) is 4.79 Å². The Hall–Kier alpha value is -1.89. The zero-order valence-corrected chi connectivity index (χ0v) is 12.9. The van der Waals surface area contributed by atoms with E-state index in [0.717, 1.165) is 6.42 Å². The molecule has 0 heterocycles. The van der Waals surface area contributed by atoms with Crippen molar-refractivity contribution in [2.45, 2.75) is 34.1 Å². The minimum absolute atomic E-state index is 0.927. The average Bonchev–Trinajstić information content (AvgIpc) is 2.54. The van der Waals surface area contributed by atoms with Crippen molar-refractivity contribution in [3.63, 3.8) is 0 Å². The lowest BCUT2D eigenvalue weighted by Crippen LogP contribution is -1.86. The Kier molecular flexibility index (Phi) is 25.1. The van der Waals surface area contributed by atoms with Crippen LogP contribution in [0.4, 0.5) is 0 Å². The summed E-state index contributed by atoms with van der Waals surface area (Å²) in [7, 11) is 0. The molecule has 1 rings (SSSR count). The molecule has 0 aliphatic carbocycles. The van der Waals surface area contributed by atoms with Gasteiger partial charge in [-0.25, -0.2) is 0 Å². The van der Waals surface area contributed by atoms with Crippen LogP contribution in [0, 0.1) is 0 Å². The van der Waals surface area contributed by atoms with Crippen LogP contribution in [0.1, 0.15) is 33.3 Å². The van der Waals surface area contributed by atoms with Crippen molar-refractivity contribution in [2.75, 3.05) is 0 Å². The van der Waals surface area contributed by atoms with Crippen molar-refractivity contribution >= 4 is 6.79 Å². The van der Waals surface area contributed by atoms with Crippen LogP contribution in [-0.4, -0.2) is 6.79 Å². The molecule has 1 heteroatoms. The molecule has 0 aliphatic heterocycles. The molecule has 19 heavy (non-hydrogen) atoms. The standard InChI is InChI=1S/C13H14.2C2H6.CH2O/c1-3-8-12(4-2)11-13-9-6-5-7-10-13;3*1-2/h3-10H,1-2,11H2;2*1-2H3;1H2/b12-8+;;;. The van der Waals surface area contributed by atoms with E-state index in [9.17, 15) is 0 Å². The number of hydrogen-bond acceptors (Lipinski definition) is 1. The van der Waals surface area contributed by atoms with Crippen LogP contribution in [0.5, 0.6) is 0 Å². The van der Waals surface area contributed by atoms with Crippen molar-refractivity contribution in [1.82, 2.24) is 0 Å². The van der Waals surface area contributed by atoms with E-state index in [2.05, 4.69) is 25.3 Å². The molecular weight excluding hydrogens is 232 g/mol. The number of hydrogen-bond donors (Lipinski definition) is 0. The van der Waals surface area contributed by atoms with Crippen molar-refractivity contribution in [1.29, 1.82) is 0 Å². The normalized spacial score (nSPS) is 8.32. The Balaban J connectivity index is -0.000000375. The first kappa shape index (κ1) is 22.3. The maximum Gasteiger partial charge on any atom is 0.106 e. The first-order valence-corrected chi connectivity index (χ1v) is 6.63. The zero-order valence-electron chi connectivity index (χ0n) is 12.9. The van der Waals surface area contributed by atoms with Gasteiger partial charge in [0.05, 0.1) is 0 Å². The second-order valence-electron chi connectivity index (χ2n) is 2.84. The number of rotatable bonds is 4. The molecule has 0 aliphatic rings. The van der Waals surface area contributed by atoms with Gasteiger partial charge in [0.1, 0.15) is 6.79 Å². The number of benzene rings is 1. The first-order valence-electron chi connectivity index (χ1n) is 6.63. The quantitative estimate of drug-likeness (QED) is 0.663. The van der Waals surface area contributed by atoms with Gasteiger partial charge >= 0.3 is 0 Å². The Morgan fingerprint density at radius 2 is 1.47 bits per heavy atom. The Bertz CT molecular complexity index is 323. The van der Waals surface area contributed by atoms with Crippen LogP contribution in [0.3, 0.4) is 0 Å². The molecule has 0 aromatic heterocycles. The lowest BCUT2D eigenvalue weighted by molar-refractivity contribution is -0.0979. The highest BCUT2D eigenvalue weighted by Crippen LogP contribution is 2.08. The minimum Gasteiger partial charge on any atom is -0.307 e. The molecule has 1 aromatic carbocycles. The highest BCUT2D eigenvalue weighted by molar-refractivity contribution is 5.29. The van der Waals surface area contributed by atoms with E-state index in [1.165, 1.54) is 11.1 Å². The first-order chi connectivity index (χ1) is 9.36. The van der Waals surface area contributed by atoms with Crippen molar-refractivity contribution < 1.29 is 4.79 Å². The SMILES string of the molecule is C=C/C=C(\C=C)Cc1ccccc1.C=O.CC.CC. The molecule has 106 valence electrons. The molecule has 0 unspecified atom stereocenters. The maximum absolute atomic E-state index is 8.00. The molecule has 0 N–H and O–H groups in total. The van der Waals surface area contributed by atoms with Gasteiger partial charge in [-0.05, 0) is 17.6 Å². The topological polar surface area (TPSA) is 17.1 Å². The van der Waals surface area contributed by atoms with Gasteiger partial charge in [-0.2, -0.15) is 0 Å². The van der Waals surface area contributed by atoms with Crippen molar-refractivity contribution in [3.8, 4) is 0 Å². The Morgan fingerprint density at radius 3 is 1.84 bits per heavy atom. The second kappa shape index (κ2) is 21.4. The fourth-order valence-electron chi connectivity index (χ4n) is 1.18. The van der Waals surface area contributed by atoms with E-state index < -0.39 is 0 Å². The fraction of sp³-hybridized carbons (Fsp3) is 0.278. The molecule has 0 radical (unpaired) electrons. The van der Waals surface area contributed by atoms with E-state index >= 15 is 0 Å². The third-order valence-electron chi connectivity index (χ3n) is 1.85. The third kappa shape index (κ3) is 14.0. The summed E-state index contributed by atoms with van der Waals surface area (Å²) in [5.41, 5.74) is 2.50. The monoisotopic (exact) mass is 260 g/mol. The van der Waals surface area contributed by atoms with Gasteiger partial charge < -0.3 is 4.79 Å². The van der Waals surface area contributed by atoms with Crippen LogP contribution in [-0.2, 0) is 11.2 Å². The van der Waals surface area contributed by atoms with E-state index in [1.54, 1.807) is 6.08 Å². The third-order valence-corrected chi connectivity index (χ3v) is 1.85. The number of carbonyl (C=O) groups is 1. The van der Waals surface area contributed by atoms with Gasteiger partial charge in [0.15, 0.2) is 0 Å². The highest BCUT2D eigenvalue weighted by Gasteiger charge is 1.92. The molecule has 0 spiro atoms. The molecule has 0 bridgehead atoms. The fourth-order valence-corrected chi connectivity index (χ4v) is 1.18. The average molecular weight is 260 g/mol. The van der Waals surface area contributed by atoms with Gasteiger partial charge in [0, 0.05) is 0 Å². The molecule has 0 amide bonds. The lowest BCUT2D eigenvalue weighted by atomic mass is 10.1. The zero-order chi connectivity index (χ0) is 15.5. The van der Waals surface area contributed by atoms with Crippen LogP contribution in [0.2, 0.25) is 0 Å². The molecule has 1 aromatic rings. The van der Waals surface area contributed by atoms with E-state index in [1.807, 2.05) is 64.8 Å². The van der Waals surface area contributed by atoms with Crippen LogP contribution in [0.15, 0.2) is 67.3 Å². The van der Waals surface area contributed by atoms with Gasteiger partial charge in [-0.3, -0.25) is 0 Å². The lowest BCUT2D eigenvalue weighted by Gasteiger charge is -2.00. The smallest absolute Gasteiger partial charge is 0.106 e. The van der Waals surface area contributed by atoms with Gasteiger partial charge in [-0.15, -0.1) is 0 Å². The van der Waals surface area contributed by atoms with Crippen molar-refractivity contribution in [2.24, 2.45) is 0 Å². The van der Waals surface area contributed by atoms with Gasteiger partial charge in [0.25, 0.3) is 0 Å². The molecule has 0 saturated heterocycles. The summed E-state index contributed by atoms with van der Waals surface area (Å²) in [6.07, 6.45) is 6.57. The second-order valence-corrected chi connectivity index (χ2v) is 2.84. The molecule has 0 fully saturated rings. The molecule has 0 saturated carbocycles. The summed E-state index contributed by atoms with van der Waals surface area (Å²) < 4.78 is 0. The molecule has 1 nitrogen and oxygen atoms in total. The summed E-state index contributed by atoms with van der Waals surface area (Å²) in [4.78, 5) is 8.00. The number of carbonyl (C=O) groups excluding carboxylic acids is 1. The van der Waals surface area contributed by atoms with Crippen molar-refractivity contribution in [3.05, 3.63) is 72.9 Å². The predicted octanol–water partition coefficient (Wildman–Crippen LogP) is 5.40. The van der Waals surface area contributed by atoms with Crippen LogP contribution < -0.4 is 0 Å². The summed E-state index contributed by atoms with van der Waals surface area (Å²) in [5.74, 6) is 0. The molecular formula is C18H28O.